The zero-order valence-corrected chi connectivity index (χ0v) is 15.6. The molecule has 5 heteroatoms. The van der Waals surface area contributed by atoms with Gasteiger partial charge in [-0.15, -0.1) is 0 Å². The molecule has 1 saturated carbocycles. The van der Waals surface area contributed by atoms with Crippen LogP contribution in [0.5, 0.6) is 0 Å². The first-order valence-corrected chi connectivity index (χ1v) is 9.31. The number of ether oxygens (including phenoxy) is 1. The van der Waals surface area contributed by atoms with Crippen molar-refractivity contribution in [1.29, 1.82) is 0 Å². The van der Waals surface area contributed by atoms with E-state index in [4.69, 9.17) is 16.3 Å². The molecule has 0 amide bonds. The second kappa shape index (κ2) is 8.67. The Balaban J connectivity index is 1.63. The number of aliphatic hydroxyl groups is 1. The molecule has 1 aliphatic carbocycles. The maximum Gasteiger partial charge on any atom is 0.338 e. The first kappa shape index (κ1) is 18.9. The fourth-order valence-corrected chi connectivity index (χ4v) is 3.73. The summed E-state index contributed by atoms with van der Waals surface area (Å²) in [5.74, 6) is -0.442. The predicted octanol–water partition coefficient (Wildman–Crippen LogP) is 3.91. The summed E-state index contributed by atoms with van der Waals surface area (Å²) in [6.07, 6.45) is 1.26. The molecule has 3 rings (SSSR count). The second-order valence-corrected chi connectivity index (χ2v) is 7.28. The molecule has 1 aliphatic rings. The monoisotopic (exact) mass is 373 g/mol. The minimum atomic E-state index is -0.708. The summed E-state index contributed by atoms with van der Waals surface area (Å²) in [5, 5.41) is 11.3. The van der Waals surface area contributed by atoms with E-state index in [1.807, 2.05) is 25.2 Å². The van der Waals surface area contributed by atoms with Gasteiger partial charge < -0.3 is 9.84 Å². The van der Waals surface area contributed by atoms with E-state index in [-0.39, 0.29) is 6.04 Å². The average molecular weight is 374 g/mol. The molecular weight excluding hydrogens is 350 g/mol. The largest absolute Gasteiger partial charge is 0.456 e. The molecule has 0 radical (unpaired) electrons. The van der Waals surface area contributed by atoms with Crippen LogP contribution in [0.25, 0.3) is 0 Å². The van der Waals surface area contributed by atoms with Crippen LogP contribution in [0.4, 0.5) is 0 Å². The molecule has 1 N–H and O–H groups in total. The quantitative estimate of drug-likeness (QED) is 0.807. The third-order valence-corrected chi connectivity index (χ3v) is 5.16. The minimum absolute atomic E-state index is 0.0406. The number of halogens is 1. The lowest BCUT2D eigenvalue weighted by Crippen LogP contribution is -2.50. The van der Waals surface area contributed by atoms with Crippen LogP contribution in [0.15, 0.2) is 54.6 Å². The number of hydrogen-bond acceptors (Lipinski definition) is 4. The van der Waals surface area contributed by atoms with Gasteiger partial charge >= 0.3 is 5.97 Å². The van der Waals surface area contributed by atoms with Crippen LogP contribution in [0.2, 0.25) is 5.02 Å². The van der Waals surface area contributed by atoms with Crippen molar-refractivity contribution in [3.05, 3.63) is 70.7 Å². The molecule has 0 heterocycles. The predicted molar refractivity (Wildman–Crippen MR) is 102 cm³/mol. The van der Waals surface area contributed by atoms with E-state index in [9.17, 15) is 9.90 Å². The number of aliphatic hydroxyl groups excluding tert-OH is 1. The van der Waals surface area contributed by atoms with Crippen LogP contribution in [-0.2, 0) is 11.3 Å². The van der Waals surface area contributed by atoms with Crippen molar-refractivity contribution in [2.24, 2.45) is 0 Å². The van der Waals surface area contributed by atoms with Crippen molar-refractivity contribution < 1.29 is 14.6 Å². The first-order valence-electron chi connectivity index (χ1n) is 8.93. The highest BCUT2D eigenvalue weighted by molar-refractivity contribution is 6.30. The second-order valence-electron chi connectivity index (χ2n) is 6.84. The van der Waals surface area contributed by atoms with Gasteiger partial charge in [-0.1, -0.05) is 48.0 Å². The Kier molecular flexibility index (Phi) is 6.30. The van der Waals surface area contributed by atoms with E-state index in [0.717, 1.165) is 19.4 Å². The highest BCUT2D eigenvalue weighted by Gasteiger charge is 2.36. The Labute approximate surface area is 159 Å². The normalized spacial score (nSPS) is 23.0. The number of rotatable bonds is 5. The number of hydrogen-bond donors (Lipinski definition) is 1. The zero-order valence-electron chi connectivity index (χ0n) is 14.8. The zero-order chi connectivity index (χ0) is 18.5. The molecule has 0 spiro atoms. The molecule has 1 fully saturated rings. The van der Waals surface area contributed by atoms with Gasteiger partial charge in [-0.25, -0.2) is 4.79 Å². The highest BCUT2D eigenvalue weighted by atomic mass is 35.5. The highest BCUT2D eigenvalue weighted by Crippen LogP contribution is 2.27. The van der Waals surface area contributed by atoms with Crippen LogP contribution in [0.3, 0.4) is 0 Å². The molecule has 0 aromatic heterocycles. The smallest absolute Gasteiger partial charge is 0.338 e. The van der Waals surface area contributed by atoms with E-state index >= 15 is 0 Å². The summed E-state index contributed by atoms with van der Waals surface area (Å²) in [5.41, 5.74) is 1.60. The topological polar surface area (TPSA) is 49.8 Å². The molecule has 0 aliphatic heterocycles. The van der Waals surface area contributed by atoms with Gasteiger partial charge in [-0.05, 0) is 50.1 Å². The Morgan fingerprint density at radius 3 is 2.69 bits per heavy atom. The van der Waals surface area contributed by atoms with Gasteiger partial charge in [-0.3, -0.25) is 4.90 Å². The molecule has 4 nitrogen and oxygen atoms in total. The molecule has 26 heavy (non-hydrogen) atoms. The van der Waals surface area contributed by atoms with E-state index in [2.05, 4.69) is 17.0 Å². The summed E-state index contributed by atoms with van der Waals surface area (Å²) in [6, 6.07) is 16.8. The number of carbonyl (C=O) groups is 1. The van der Waals surface area contributed by atoms with Crippen molar-refractivity contribution in [2.45, 2.75) is 44.1 Å². The van der Waals surface area contributed by atoms with Crippen molar-refractivity contribution in [3.63, 3.8) is 0 Å². The van der Waals surface area contributed by atoms with Crippen molar-refractivity contribution in [2.75, 3.05) is 7.05 Å². The van der Waals surface area contributed by atoms with Gasteiger partial charge in [-0.2, -0.15) is 0 Å². The Morgan fingerprint density at radius 2 is 1.96 bits per heavy atom. The SMILES string of the molecule is CN(Cc1ccccc1)[C@@H]1CCC[C@@H](OC(=O)c2cccc(Cl)c2)[C@@H]1O. The molecule has 2 aromatic carbocycles. The van der Waals surface area contributed by atoms with Gasteiger partial charge in [0.2, 0.25) is 0 Å². The van der Waals surface area contributed by atoms with Crippen LogP contribution in [0.1, 0.15) is 35.2 Å². The summed E-state index contributed by atoms with van der Waals surface area (Å²) >= 11 is 5.94. The number of benzene rings is 2. The molecule has 0 unspecified atom stereocenters. The molecular formula is C21H24ClNO3. The van der Waals surface area contributed by atoms with Crippen LogP contribution >= 0.6 is 11.6 Å². The van der Waals surface area contributed by atoms with Crippen molar-refractivity contribution >= 4 is 17.6 Å². The maximum atomic E-state index is 12.4. The van der Waals surface area contributed by atoms with Gasteiger partial charge in [0.25, 0.3) is 0 Å². The van der Waals surface area contributed by atoms with Crippen LogP contribution in [-0.4, -0.2) is 41.3 Å². The first-order chi connectivity index (χ1) is 12.5. The Bertz CT molecular complexity index is 737. The van der Waals surface area contributed by atoms with E-state index < -0.39 is 18.2 Å². The number of carbonyl (C=O) groups excluding carboxylic acids is 1. The van der Waals surface area contributed by atoms with Crippen molar-refractivity contribution in [1.82, 2.24) is 4.90 Å². The third kappa shape index (κ3) is 4.64. The fraction of sp³-hybridized carbons (Fsp3) is 0.381. The lowest BCUT2D eigenvalue weighted by molar-refractivity contribution is -0.0727. The molecule has 0 bridgehead atoms. The number of esters is 1. The summed E-state index contributed by atoms with van der Waals surface area (Å²) in [4.78, 5) is 14.5. The van der Waals surface area contributed by atoms with E-state index in [1.165, 1.54) is 5.56 Å². The van der Waals surface area contributed by atoms with E-state index in [0.29, 0.717) is 17.0 Å². The van der Waals surface area contributed by atoms with Crippen LogP contribution < -0.4 is 0 Å². The Hall–Kier alpha value is -1.88. The fourth-order valence-electron chi connectivity index (χ4n) is 3.54. The standard InChI is InChI=1S/C21H24ClNO3/c1-23(14-15-7-3-2-4-8-15)18-11-6-12-19(20(18)24)26-21(25)16-9-5-10-17(22)13-16/h2-5,7-10,13,18-20,24H,6,11-12,14H2,1H3/t18-,19-,20-/m1/s1. The van der Waals surface area contributed by atoms with Gasteiger partial charge in [0, 0.05) is 17.6 Å². The average Bonchev–Trinajstić information content (AvgIpc) is 2.64. The molecule has 0 saturated heterocycles. The number of likely N-dealkylation sites (N-methyl/N-ethyl adjacent to an activating group) is 1. The summed E-state index contributed by atoms with van der Waals surface area (Å²) < 4.78 is 5.60. The lowest BCUT2D eigenvalue weighted by atomic mass is 9.88. The minimum Gasteiger partial charge on any atom is -0.456 e. The molecule has 138 valence electrons. The van der Waals surface area contributed by atoms with E-state index in [1.54, 1.807) is 24.3 Å². The maximum absolute atomic E-state index is 12.4. The Morgan fingerprint density at radius 1 is 1.19 bits per heavy atom. The molecule has 3 atom stereocenters. The molecule has 2 aromatic rings. The summed E-state index contributed by atoms with van der Waals surface area (Å²) in [6.45, 7) is 0.748. The lowest BCUT2D eigenvalue weighted by Gasteiger charge is -2.39. The van der Waals surface area contributed by atoms with Crippen molar-refractivity contribution in [3.8, 4) is 0 Å². The summed E-state index contributed by atoms with van der Waals surface area (Å²) in [7, 11) is 2.00. The van der Waals surface area contributed by atoms with Gasteiger partial charge in [0.1, 0.15) is 12.2 Å². The third-order valence-electron chi connectivity index (χ3n) is 4.92. The number of nitrogens with zero attached hydrogens (tertiary/aromatic N) is 1. The van der Waals surface area contributed by atoms with Crippen LogP contribution in [0, 0.1) is 0 Å². The van der Waals surface area contributed by atoms with Gasteiger partial charge in [0.05, 0.1) is 5.56 Å². The van der Waals surface area contributed by atoms with Gasteiger partial charge in [0.15, 0.2) is 0 Å².